The number of anilines is 2. The van der Waals surface area contributed by atoms with Gasteiger partial charge in [-0.05, 0) is 50.5 Å². The molecule has 0 aliphatic carbocycles. The summed E-state index contributed by atoms with van der Waals surface area (Å²) in [4.78, 5) is 7.03. The highest BCUT2D eigenvalue weighted by molar-refractivity contribution is 7.22. The maximum absolute atomic E-state index is 4.86. The van der Waals surface area contributed by atoms with Crippen LogP contribution in [0.5, 0.6) is 0 Å². The van der Waals surface area contributed by atoms with E-state index in [0.717, 1.165) is 51.2 Å². The molecule has 152 valence electrons. The van der Waals surface area contributed by atoms with Crippen LogP contribution in [0.15, 0.2) is 59.7 Å². The molecule has 0 bridgehead atoms. The lowest BCUT2D eigenvalue weighted by Gasteiger charge is -2.29. The molecular formula is C23H24N6S. The average molecular weight is 417 g/mol. The van der Waals surface area contributed by atoms with E-state index in [9.17, 15) is 0 Å². The van der Waals surface area contributed by atoms with E-state index < -0.39 is 0 Å². The first-order valence-corrected chi connectivity index (χ1v) is 11.2. The first-order valence-electron chi connectivity index (χ1n) is 10.3. The van der Waals surface area contributed by atoms with Gasteiger partial charge in [-0.15, -0.1) is 0 Å². The van der Waals surface area contributed by atoms with Gasteiger partial charge in [-0.25, -0.2) is 9.67 Å². The van der Waals surface area contributed by atoms with Gasteiger partial charge in [-0.2, -0.15) is 10.2 Å². The molecule has 30 heavy (non-hydrogen) atoms. The van der Waals surface area contributed by atoms with Crippen LogP contribution in [0.4, 0.5) is 10.9 Å². The Bertz CT molecular complexity index is 1140. The second kappa shape index (κ2) is 8.28. The number of hydrazone groups is 1. The lowest BCUT2D eigenvalue weighted by atomic mass is 10.1. The second-order valence-electron chi connectivity index (χ2n) is 7.47. The summed E-state index contributed by atoms with van der Waals surface area (Å²) in [5.41, 5.74) is 7.19. The highest BCUT2D eigenvalue weighted by Gasteiger charge is 2.22. The van der Waals surface area contributed by atoms with Crippen molar-refractivity contribution in [2.75, 3.05) is 23.4 Å². The predicted octanol–water partition coefficient (Wildman–Crippen LogP) is 5.23. The van der Waals surface area contributed by atoms with E-state index >= 15 is 0 Å². The average Bonchev–Trinajstić information content (AvgIpc) is 3.36. The molecule has 1 N–H and O–H groups in total. The van der Waals surface area contributed by atoms with Crippen molar-refractivity contribution in [2.45, 2.75) is 26.2 Å². The first-order chi connectivity index (χ1) is 14.8. The van der Waals surface area contributed by atoms with E-state index in [1.54, 1.807) is 11.3 Å². The van der Waals surface area contributed by atoms with Crippen molar-refractivity contribution in [3.8, 4) is 5.69 Å². The Hall–Kier alpha value is -3.19. The summed E-state index contributed by atoms with van der Waals surface area (Å²) in [6.45, 7) is 4.14. The van der Waals surface area contributed by atoms with Gasteiger partial charge in [0.2, 0.25) is 5.13 Å². The fraction of sp³-hybridized carbons (Fsp3) is 0.261. The van der Waals surface area contributed by atoms with E-state index in [4.69, 9.17) is 5.10 Å². The fourth-order valence-corrected chi connectivity index (χ4v) is 4.73. The summed E-state index contributed by atoms with van der Waals surface area (Å²) < 4.78 is 3.21. The minimum Gasteiger partial charge on any atom is -0.356 e. The second-order valence-corrected chi connectivity index (χ2v) is 8.51. The molecule has 7 heteroatoms. The van der Waals surface area contributed by atoms with Crippen LogP contribution in [0, 0.1) is 6.92 Å². The molecule has 0 saturated carbocycles. The molecule has 5 rings (SSSR count). The lowest BCUT2D eigenvalue weighted by Crippen LogP contribution is -2.32. The smallest absolute Gasteiger partial charge is 0.204 e. The molecule has 0 unspecified atom stereocenters. The quantitative estimate of drug-likeness (QED) is 0.358. The maximum atomic E-state index is 4.86. The molecule has 0 amide bonds. The van der Waals surface area contributed by atoms with Gasteiger partial charge >= 0.3 is 0 Å². The topological polar surface area (TPSA) is 58.3 Å². The zero-order valence-electron chi connectivity index (χ0n) is 17.0. The Morgan fingerprint density at radius 1 is 1.00 bits per heavy atom. The molecular weight excluding hydrogens is 392 g/mol. The van der Waals surface area contributed by atoms with E-state index in [0.29, 0.717) is 0 Å². The van der Waals surface area contributed by atoms with Crippen molar-refractivity contribution >= 4 is 38.7 Å². The van der Waals surface area contributed by atoms with E-state index in [1.807, 2.05) is 37.4 Å². The van der Waals surface area contributed by atoms with E-state index in [1.165, 1.54) is 19.3 Å². The van der Waals surface area contributed by atoms with Crippen LogP contribution in [0.3, 0.4) is 0 Å². The molecule has 2 aromatic carbocycles. The molecule has 0 atom stereocenters. The molecule has 2 aromatic heterocycles. The van der Waals surface area contributed by atoms with Crippen LogP contribution < -0.4 is 10.3 Å². The number of hydrogen-bond acceptors (Lipinski definition) is 6. The van der Waals surface area contributed by atoms with Crippen LogP contribution in [0.2, 0.25) is 0 Å². The van der Waals surface area contributed by atoms with Crippen molar-refractivity contribution in [3.05, 3.63) is 65.9 Å². The number of fused-ring (bicyclic) bond motifs is 1. The number of aromatic nitrogens is 3. The van der Waals surface area contributed by atoms with Gasteiger partial charge in [0.25, 0.3) is 0 Å². The highest BCUT2D eigenvalue weighted by atomic mass is 32.1. The maximum Gasteiger partial charge on any atom is 0.204 e. The summed E-state index contributed by atoms with van der Waals surface area (Å²) in [5, 5.41) is 10.2. The van der Waals surface area contributed by atoms with Crippen molar-refractivity contribution < 1.29 is 0 Å². The molecule has 0 spiro atoms. The molecule has 3 heterocycles. The van der Waals surface area contributed by atoms with Crippen LogP contribution in [0.1, 0.15) is 30.5 Å². The number of benzene rings is 2. The Kier molecular flexibility index (Phi) is 5.19. The Morgan fingerprint density at radius 3 is 2.57 bits per heavy atom. The van der Waals surface area contributed by atoms with Crippen molar-refractivity contribution in [1.29, 1.82) is 0 Å². The molecule has 6 nitrogen and oxygen atoms in total. The van der Waals surface area contributed by atoms with Crippen molar-refractivity contribution in [1.82, 2.24) is 14.8 Å². The summed E-state index contributed by atoms with van der Waals surface area (Å²) in [5.74, 6) is 1.12. The van der Waals surface area contributed by atoms with E-state index in [-0.39, 0.29) is 0 Å². The first kappa shape index (κ1) is 18.8. The standard InChI is InChI=1S/C23H24N6S/c1-17-19(16-24-26-23-25-20-12-6-7-13-21(20)30-23)22(28-14-8-3-9-15-28)29(27-17)18-10-4-2-5-11-18/h2,4-7,10-13,16H,3,8-9,14-15H2,1H3,(H,25,26)/b24-16-. The minimum absolute atomic E-state index is 0.792. The molecule has 1 aliphatic heterocycles. The summed E-state index contributed by atoms with van der Waals surface area (Å²) in [6.07, 6.45) is 5.59. The lowest BCUT2D eigenvalue weighted by molar-refractivity contribution is 0.567. The number of para-hydroxylation sites is 2. The van der Waals surface area contributed by atoms with E-state index in [2.05, 4.69) is 55.4 Å². The number of hydrogen-bond donors (Lipinski definition) is 1. The number of piperidine rings is 1. The van der Waals surface area contributed by atoms with Gasteiger partial charge in [0.15, 0.2) is 0 Å². The number of thiazole rings is 1. The zero-order valence-corrected chi connectivity index (χ0v) is 17.8. The Balaban J connectivity index is 1.48. The van der Waals surface area contributed by atoms with Gasteiger partial charge in [0.1, 0.15) is 5.82 Å². The van der Waals surface area contributed by atoms with Crippen molar-refractivity contribution in [2.24, 2.45) is 5.10 Å². The van der Waals surface area contributed by atoms with Crippen LogP contribution in [0.25, 0.3) is 15.9 Å². The largest absolute Gasteiger partial charge is 0.356 e. The minimum atomic E-state index is 0.792. The Labute approximate surface area is 179 Å². The van der Waals surface area contributed by atoms with Gasteiger partial charge in [0, 0.05) is 13.1 Å². The predicted molar refractivity (Wildman–Crippen MR) is 125 cm³/mol. The van der Waals surface area contributed by atoms with Crippen LogP contribution >= 0.6 is 11.3 Å². The van der Waals surface area contributed by atoms with Gasteiger partial charge in [-0.3, -0.25) is 5.43 Å². The van der Waals surface area contributed by atoms with Crippen LogP contribution in [-0.4, -0.2) is 34.1 Å². The molecule has 1 aliphatic rings. The highest BCUT2D eigenvalue weighted by Crippen LogP contribution is 2.29. The number of rotatable bonds is 5. The number of aryl methyl sites for hydroxylation is 1. The normalized spacial score (nSPS) is 14.6. The Morgan fingerprint density at radius 2 is 1.77 bits per heavy atom. The summed E-state index contributed by atoms with van der Waals surface area (Å²) in [7, 11) is 0. The zero-order chi connectivity index (χ0) is 20.3. The molecule has 4 aromatic rings. The van der Waals surface area contributed by atoms with Gasteiger partial charge < -0.3 is 4.90 Å². The third-order valence-electron chi connectivity index (χ3n) is 5.39. The van der Waals surface area contributed by atoms with Gasteiger partial charge in [0.05, 0.1) is 33.4 Å². The fourth-order valence-electron chi connectivity index (χ4n) is 3.91. The number of nitrogens with one attached hydrogen (secondary N) is 1. The summed E-state index contributed by atoms with van der Waals surface area (Å²) in [6, 6.07) is 18.4. The van der Waals surface area contributed by atoms with Crippen molar-refractivity contribution in [3.63, 3.8) is 0 Å². The van der Waals surface area contributed by atoms with Crippen LogP contribution in [-0.2, 0) is 0 Å². The third kappa shape index (κ3) is 3.68. The monoisotopic (exact) mass is 416 g/mol. The molecule has 1 fully saturated rings. The molecule has 0 radical (unpaired) electrons. The third-order valence-corrected chi connectivity index (χ3v) is 6.33. The SMILES string of the molecule is Cc1nn(-c2ccccc2)c(N2CCCCC2)c1/C=N\Nc1nc2ccccc2s1. The molecule has 1 saturated heterocycles. The van der Waals surface area contributed by atoms with Gasteiger partial charge in [-0.1, -0.05) is 41.7 Å². The summed E-state index contributed by atoms with van der Waals surface area (Å²) >= 11 is 1.60. The number of nitrogens with zero attached hydrogens (tertiary/aromatic N) is 5.